The average molecular weight is 273 g/mol. The van der Waals surface area contributed by atoms with Crippen molar-refractivity contribution in [1.82, 2.24) is 4.31 Å². The largest absolute Gasteiger partial charge is 0.480 e. The smallest absolute Gasteiger partial charge is 0.318 e. The van der Waals surface area contributed by atoms with Crippen LogP contribution in [0.4, 0.5) is 0 Å². The molecule has 98 valence electrons. The van der Waals surface area contributed by atoms with Gasteiger partial charge in [-0.05, 0) is 12.1 Å². The monoisotopic (exact) mass is 273 g/mol. The molecule has 1 aromatic rings. The van der Waals surface area contributed by atoms with E-state index < -0.39 is 35.1 Å². The molecule has 0 aromatic heterocycles. The Balaban J connectivity index is 3.11. The Morgan fingerprint density at radius 3 is 1.83 bits per heavy atom. The molecule has 0 saturated carbocycles. The molecule has 0 heterocycles. The number of sulfonamides is 1. The van der Waals surface area contributed by atoms with Crippen LogP contribution in [0.5, 0.6) is 0 Å². The van der Waals surface area contributed by atoms with Gasteiger partial charge >= 0.3 is 11.9 Å². The van der Waals surface area contributed by atoms with Gasteiger partial charge in [-0.2, -0.15) is 4.31 Å². The highest BCUT2D eigenvalue weighted by Gasteiger charge is 2.28. The fourth-order valence-corrected chi connectivity index (χ4v) is 2.63. The van der Waals surface area contributed by atoms with Gasteiger partial charge in [0.15, 0.2) is 0 Å². The van der Waals surface area contributed by atoms with E-state index in [0.29, 0.717) is 4.31 Å². The molecule has 0 amide bonds. The van der Waals surface area contributed by atoms with Crippen LogP contribution < -0.4 is 0 Å². The molecule has 0 radical (unpaired) electrons. The van der Waals surface area contributed by atoms with Crippen LogP contribution in [0.25, 0.3) is 0 Å². The van der Waals surface area contributed by atoms with Crippen molar-refractivity contribution < 1.29 is 28.2 Å². The number of benzene rings is 1. The van der Waals surface area contributed by atoms with E-state index in [2.05, 4.69) is 0 Å². The third-order valence-corrected chi connectivity index (χ3v) is 3.81. The van der Waals surface area contributed by atoms with Gasteiger partial charge in [0, 0.05) is 0 Å². The summed E-state index contributed by atoms with van der Waals surface area (Å²) in [5.74, 6) is -2.84. The lowest BCUT2D eigenvalue weighted by Crippen LogP contribution is -2.39. The Bertz CT molecular complexity index is 523. The molecule has 18 heavy (non-hydrogen) atoms. The fraction of sp³-hybridized carbons (Fsp3) is 0.200. The van der Waals surface area contributed by atoms with E-state index in [4.69, 9.17) is 10.2 Å². The van der Waals surface area contributed by atoms with Gasteiger partial charge in [-0.3, -0.25) is 9.59 Å². The number of hydrogen-bond acceptors (Lipinski definition) is 4. The van der Waals surface area contributed by atoms with E-state index in [9.17, 15) is 18.0 Å². The Hall–Kier alpha value is -1.93. The predicted molar refractivity (Wildman–Crippen MR) is 60.5 cm³/mol. The first-order valence-corrected chi connectivity index (χ1v) is 6.27. The van der Waals surface area contributed by atoms with Crippen molar-refractivity contribution in [3.05, 3.63) is 30.3 Å². The fourth-order valence-electron chi connectivity index (χ4n) is 1.27. The topological polar surface area (TPSA) is 112 Å². The van der Waals surface area contributed by atoms with Gasteiger partial charge in [-0.1, -0.05) is 18.2 Å². The zero-order valence-corrected chi connectivity index (χ0v) is 10.0. The average Bonchev–Trinajstić information content (AvgIpc) is 2.28. The quantitative estimate of drug-likeness (QED) is 0.745. The minimum absolute atomic E-state index is 0.146. The summed E-state index contributed by atoms with van der Waals surface area (Å²) in [5, 5.41) is 17.2. The maximum absolute atomic E-state index is 12.0. The lowest BCUT2D eigenvalue weighted by atomic mass is 10.4. The van der Waals surface area contributed by atoms with Crippen molar-refractivity contribution in [2.75, 3.05) is 13.1 Å². The van der Waals surface area contributed by atoms with Gasteiger partial charge in [0.25, 0.3) is 0 Å². The third-order valence-electron chi connectivity index (χ3n) is 2.00. The van der Waals surface area contributed by atoms with Crippen molar-refractivity contribution in [2.24, 2.45) is 0 Å². The first-order chi connectivity index (χ1) is 8.34. The van der Waals surface area contributed by atoms with Crippen molar-refractivity contribution in [3.63, 3.8) is 0 Å². The van der Waals surface area contributed by atoms with Crippen LogP contribution in [0.2, 0.25) is 0 Å². The van der Waals surface area contributed by atoms with E-state index in [1.165, 1.54) is 24.3 Å². The van der Waals surface area contributed by atoms with Crippen LogP contribution in [-0.2, 0) is 19.6 Å². The summed E-state index contributed by atoms with van der Waals surface area (Å²) in [6.07, 6.45) is 0. The minimum Gasteiger partial charge on any atom is -0.480 e. The normalized spacial score (nSPS) is 11.4. The lowest BCUT2D eigenvalue weighted by Gasteiger charge is -2.18. The second kappa shape index (κ2) is 5.61. The molecule has 0 atom stereocenters. The number of carboxylic acid groups (broad SMARTS) is 2. The Morgan fingerprint density at radius 2 is 1.44 bits per heavy atom. The number of aliphatic carboxylic acids is 2. The van der Waals surface area contributed by atoms with Gasteiger partial charge in [0.1, 0.15) is 13.1 Å². The Kier molecular flexibility index (Phi) is 4.40. The number of nitrogens with zero attached hydrogens (tertiary/aromatic N) is 1. The molecule has 0 aliphatic heterocycles. The molecule has 8 heteroatoms. The lowest BCUT2D eigenvalue weighted by molar-refractivity contribution is -0.139. The van der Waals surface area contributed by atoms with Crippen molar-refractivity contribution in [2.45, 2.75) is 4.90 Å². The summed E-state index contributed by atoms with van der Waals surface area (Å²) in [6, 6.07) is 7.06. The van der Waals surface area contributed by atoms with Gasteiger partial charge in [0.05, 0.1) is 4.90 Å². The molecule has 0 bridgehead atoms. The minimum atomic E-state index is -4.12. The standard InChI is InChI=1S/C10H11NO6S/c12-9(13)6-11(7-10(14)15)18(16,17)8-4-2-1-3-5-8/h1-5H,6-7H2,(H,12,13)(H,14,15). The number of carboxylic acids is 2. The summed E-state index contributed by atoms with van der Waals surface area (Å²) >= 11 is 0. The van der Waals surface area contributed by atoms with E-state index in [1.54, 1.807) is 6.07 Å². The summed E-state index contributed by atoms with van der Waals surface area (Å²) in [7, 11) is -4.12. The first-order valence-electron chi connectivity index (χ1n) is 4.83. The van der Waals surface area contributed by atoms with E-state index in [1.807, 2.05) is 0 Å². The van der Waals surface area contributed by atoms with Crippen LogP contribution in [-0.4, -0.2) is 48.0 Å². The molecule has 1 rings (SSSR count). The van der Waals surface area contributed by atoms with Crippen LogP contribution in [0.3, 0.4) is 0 Å². The third kappa shape index (κ3) is 3.54. The van der Waals surface area contributed by atoms with Crippen molar-refractivity contribution >= 4 is 22.0 Å². The maximum Gasteiger partial charge on any atom is 0.318 e. The maximum atomic E-state index is 12.0. The number of hydrogen-bond donors (Lipinski definition) is 2. The SMILES string of the molecule is O=C(O)CN(CC(=O)O)S(=O)(=O)c1ccccc1. The molecule has 0 aliphatic carbocycles. The molecular weight excluding hydrogens is 262 g/mol. The Morgan fingerprint density at radius 1 is 1.00 bits per heavy atom. The summed E-state index contributed by atoms with van der Waals surface area (Å²) in [5.41, 5.74) is 0. The highest BCUT2D eigenvalue weighted by Crippen LogP contribution is 2.14. The zero-order valence-electron chi connectivity index (χ0n) is 9.18. The van der Waals surface area contributed by atoms with Crippen molar-refractivity contribution in [3.8, 4) is 0 Å². The van der Waals surface area contributed by atoms with E-state index in [-0.39, 0.29) is 4.90 Å². The zero-order chi connectivity index (χ0) is 13.8. The molecule has 7 nitrogen and oxygen atoms in total. The number of rotatable bonds is 6. The second-order valence-electron chi connectivity index (χ2n) is 3.37. The molecule has 0 saturated heterocycles. The van der Waals surface area contributed by atoms with Crippen LogP contribution in [0.1, 0.15) is 0 Å². The molecule has 0 fully saturated rings. The van der Waals surface area contributed by atoms with Gasteiger partial charge < -0.3 is 10.2 Å². The molecule has 0 aliphatic rings. The van der Waals surface area contributed by atoms with Crippen LogP contribution in [0, 0.1) is 0 Å². The first kappa shape index (κ1) is 14.1. The predicted octanol–water partition coefficient (Wildman–Crippen LogP) is -0.153. The van der Waals surface area contributed by atoms with Gasteiger partial charge in [-0.15, -0.1) is 0 Å². The second-order valence-corrected chi connectivity index (χ2v) is 5.31. The molecule has 0 spiro atoms. The molecule has 2 N–H and O–H groups in total. The van der Waals surface area contributed by atoms with E-state index >= 15 is 0 Å². The number of carbonyl (C=O) groups is 2. The highest BCUT2D eigenvalue weighted by atomic mass is 32.2. The summed E-state index contributed by atoms with van der Waals surface area (Å²) < 4.78 is 24.4. The van der Waals surface area contributed by atoms with E-state index in [0.717, 1.165) is 0 Å². The summed E-state index contributed by atoms with van der Waals surface area (Å²) in [6.45, 7) is -1.80. The van der Waals surface area contributed by atoms with Crippen LogP contribution in [0.15, 0.2) is 35.2 Å². The van der Waals surface area contributed by atoms with Gasteiger partial charge in [0.2, 0.25) is 10.0 Å². The Labute approximate surface area is 103 Å². The highest BCUT2D eigenvalue weighted by molar-refractivity contribution is 7.89. The van der Waals surface area contributed by atoms with Crippen LogP contribution >= 0.6 is 0 Å². The summed E-state index contributed by atoms with van der Waals surface area (Å²) in [4.78, 5) is 21.0. The molecule has 1 aromatic carbocycles. The molecular formula is C10H11NO6S. The molecule has 0 unspecified atom stereocenters. The van der Waals surface area contributed by atoms with Crippen molar-refractivity contribution in [1.29, 1.82) is 0 Å². The van der Waals surface area contributed by atoms with Gasteiger partial charge in [-0.25, -0.2) is 8.42 Å².